The van der Waals surface area contributed by atoms with Crippen LogP contribution in [0.5, 0.6) is 0 Å². The summed E-state index contributed by atoms with van der Waals surface area (Å²) in [6.45, 7) is 0.660. The van der Waals surface area contributed by atoms with Gasteiger partial charge in [-0.25, -0.2) is 4.39 Å². The number of carbonyl (C=O) groups is 2. The fraction of sp³-hybridized carbons (Fsp3) is 0.185. The number of benzene rings is 3. The molecule has 3 aromatic carbocycles. The van der Waals surface area contributed by atoms with Crippen molar-refractivity contribution < 1.29 is 18.7 Å². The van der Waals surface area contributed by atoms with Gasteiger partial charge in [0, 0.05) is 47.6 Å². The summed E-state index contributed by atoms with van der Waals surface area (Å²) in [4.78, 5) is 32.4. The number of halogens is 1. The van der Waals surface area contributed by atoms with E-state index in [1.165, 1.54) is 24.3 Å². The molecular formula is C27H24FN3O3. The predicted molar refractivity (Wildman–Crippen MR) is 128 cm³/mol. The molecule has 2 N–H and O–H groups in total. The summed E-state index contributed by atoms with van der Waals surface area (Å²) in [5.74, 6) is -1.48. The molecular weight excluding hydrogens is 433 g/mol. The summed E-state index contributed by atoms with van der Waals surface area (Å²) in [7, 11) is 1.59. The number of aromatic nitrogens is 1. The van der Waals surface area contributed by atoms with E-state index < -0.39 is 12.0 Å². The van der Waals surface area contributed by atoms with E-state index in [1.54, 1.807) is 24.1 Å². The van der Waals surface area contributed by atoms with Crippen LogP contribution in [0, 0.1) is 5.82 Å². The van der Waals surface area contributed by atoms with Gasteiger partial charge in [-0.05, 0) is 42.0 Å². The summed E-state index contributed by atoms with van der Waals surface area (Å²) < 4.78 is 18.7. The number of H-pyrrole nitrogens is 1. The molecule has 4 aromatic rings. The summed E-state index contributed by atoms with van der Waals surface area (Å²) in [6.07, 6.45) is 1.87. The summed E-state index contributed by atoms with van der Waals surface area (Å²) in [6, 6.07) is 20.1. The molecule has 6 nitrogen and oxygen atoms in total. The largest absolute Gasteiger partial charge is 0.383 e. The molecule has 1 aromatic heterocycles. The Hall–Kier alpha value is -3.97. The molecule has 0 saturated carbocycles. The molecule has 1 aliphatic heterocycles. The molecule has 2 atom stereocenters. The molecule has 0 fully saturated rings. The molecule has 2 unspecified atom stereocenters. The van der Waals surface area contributed by atoms with Crippen molar-refractivity contribution in [3.05, 3.63) is 102 Å². The zero-order valence-corrected chi connectivity index (χ0v) is 18.6. The van der Waals surface area contributed by atoms with Crippen molar-refractivity contribution in [2.24, 2.45) is 0 Å². The Kier molecular flexibility index (Phi) is 5.86. The molecule has 5 rings (SSSR count). The van der Waals surface area contributed by atoms with Gasteiger partial charge < -0.3 is 19.9 Å². The molecule has 0 spiro atoms. The second kappa shape index (κ2) is 9.11. The second-order valence-electron chi connectivity index (χ2n) is 8.29. The quantitative estimate of drug-likeness (QED) is 0.434. The van der Waals surface area contributed by atoms with Crippen LogP contribution in [0.1, 0.15) is 33.4 Å². The van der Waals surface area contributed by atoms with E-state index in [2.05, 4.69) is 10.3 Å². The molecule has 1 aliphatic rings. The third kappa shape index (κ3) is 3.84. The second-order valence-corrected chi connectivity index (χ2v) is 8.29. The van der Waals surface area contributed by atoms with Crippen molar-refractivity contribution in [3.8, 4) is 0 Å². The number of nitrogens with zero attached hydrogens (tertiary/aromatic N) is 1. The maximum atomic E-state index is 13.8. The van der Waals surface area contributed by atoms with Gasteiger partial charge in [-0.3, -0.25) is 9.59 Å². The molecule has 0 saturated heterocycles. The van der Waals surface area contributed by atoms with Crippen LogP contribution >= 0.6 is 0 Å². The number of hydrogen-bond acceptors (Lipinski definition) is 3. The first-order valence-corrected chi connectivity index (χ1v) is 11.1. The number of aromatic amines is 1. The number of fused-ring (bicyclic) bond motifs is 2. The van der Waals surface area contributed by atoms with Crippen LogP contribution in [0.15, 0.2) is 79.0 Å². The summed E-state index contributed by atoms with van der Waals surface area (Å²) >= 11 is 0. The molecule has 0 bridgehead atoms. The summed E-state index contributed by atoms with van der Waals surface area (Å²) in [5, 5.41) is 3.87. The first-order valence-electron chi connectivity index (χ1n) is 11.1. The maximum absolute atomic E-state index is 13.8. The zero-order chi connectivity index (χ0) is 23.7. The van der Waals surface area contributed by atoms with Gasteiger partial charge in [-0.1, -0.05) is 36.4 Å². The van der Waals surface area contributed by atoms with Crippen LogP contribution in [0.4, 0.5) is 10.1 Å². The van der Waals surface area contributed by atoms with Gasteiger partial charge in [0.1, 0.15) is 5.82 Å². The van der Waals surface area contributed by atoms with Crippen molar-refractivity contribution in [2.75, 3.05) is 25.6 Å². The Labute approximate surface area is 196 Å². The highest BCUT2D eigenvalue weighted by Crippen LogP contribution is 2.45. The Morgan fingerprint density at radius 3 is 2.56 bits per heavy atom. The fourth-order valence-electron chi connectivity index (χ4n) is 4.75. The number of methoxy groups -OCH3 is 1. The first-order chi connectivity index (χ1) is 16.6. The third-order valence-electron chi connectivity index (χ3n) is 6.31. The Bertz CT molecular complexity index is 1350. The lowest BCUT2D eigenvalue weighted by Gasteiger charge is -2.41. The Balaban J connectivity index is 1.66. The maximum Gasteiger partial charge on any atom is 0.254 e. The SMILES string of the molecule is COCCN1C(=O)c2ccccc2C(C(=O)Nc2ccc(F)cc2)C1c1c[nH]c2ccccc12. The van der Waals surface area contributed by atoms with Gasteiger partial charge >= 0.3 is 0 Å². The van der Waals surface area contributed by atoms with Crippen LogP contribution in [0.2, 0.25) is 0 Å². The molecule has 7 heteroatoms. The highest BCUT2D eigenvalue weighted by Gasteiger charge is 2.44. The molecule has 172 valence electrons. The number of hydrogen-bond donors (Lipinski definition) is 2. The number of para-hydroxylation sites is 1. The van der Waals surface area contributed by atoms with Gasteiger partial charge in [0.2, 0.25) is 5.91 Å². The fourth-order valence-corrected chi connectivity index (χ4v) is 4.75. The average Bonchev–Trinajstić information content (AvgIpc) is 3.28. The van der Waals surface area contributed by atoms with Crippen LogP contribution in [0.3, 0.4) is 0 Å². The third-order valence-corrected chi connectivity index (χ3v) is 6.31. The van der Waals surface area contributed by atoms with E-state index in [4.69, 9.17) is 4.74 Å². The Morgan fingerprint density at radius 1 is 1.03 bits per heavy atom. The normalized spacial score (nSPS) is 17.6. The molecule has 2 amide bonds. The van der Waals surface area contributed by atoms with E-state index in [0.717, 1.165) is 16.5 Å². The Morgan fingerprint density at radius 2 is 1.76 bits per heavy atom. The van der Waals surface area contributed by atoms with Gasteiger partial charge in [0.25, 0.3) is 5.91 Å². The number of ether oxygens (including phenoxy) is 1. The lowest BCUT2D eigenvalue weighted by Crippen LogP contribution is -2.47. The van der Waals surface area contributed by atoms with Crippen molar-refractivity contribution in [2.45, 2.75) is 12.0 Å². The topological polar surface area (TPSA) is 74.4 Å². The van der Waals surface area contributed by atoms with Crippen molar-refractivity contribution in [1.29, 1.82) is 0 Å². The number of rotatable bonds is 6. The predicted octanol–water partition coefficient (Wildman–Crippen LogP) is 4.87. The lowest BCUT2D eigenvalue weighted by atomic mass is 9.79. The first kappa shape index (κ1) is 21.9. The van der Waals surface area contributed by atoms with Crippen LogP contribution in [0.25, 0.3) is 10.9 Å². The van der Waals surface area contributed by atoms with Crippen LogP contribution in [-0.2, 0) is 9.53 Å². The highest BCUT2D eigenvalue weighted by atomic mass is 19.1. The molecule has 0 aliphatic carbocycles. The van der Waals surface area contributed by atoms with Gasteiger partial charge in [0.15, 0.2) is 0 Å². The zero-order valence-electron chi connectivity index (χ0n) is 18.6. The van der Waals surface area contributed by atoms with Crippen molar-refractivity contribution in [1.82, 2.24) is 9.88 Å². The monoisotopic (exact) mass is 457 g/mol. The van der Waals surface area contributed by atoms with E-state index in [9.17, 15) is 14.0 Å². The summed E-state index contributed by atoms with van der Waals surface area (Å²) in [5.41, 5.74) is 3.42. The highest BCUT2D eigenvalue weighted by molar-refractivity contribution is 6.05. The van der Waals surface area contributed by atoms with E-state index in [1.807, 2.05) is 42.6 Å². The molecule has 2 heterocycles. The smallest absolute Gasteiger partial charge is 0.254 e. The van der Waals surface area contributed by atoms with E-state index in [-0.39, 0.29) is 17.6 Å². The molecule has 0 radical (unpaired) electrons. The van der Waals surface area contributed by atoms with E-state index in [0.29, 0.717) is 30.0 Å². The van der Waals surface area contributed by atoms with Crippen molar-refractivity contribution >= 4 is 28.4 Å². The lowest BCUT2D eigenvalue weighted by molar-refractivity contribution is -0.119. The minimum absolute atomic E-state index is 0.145. The number of carbonyl (C=O) groups excluding carboxylic acids is 2. The minimum atomic E-state index is -0.685. The van der Waals surface area contributed by atoms with Crippen molar-refractivity contribution in [3.63, 3.8) is 0 Å². The van der Waals surface area contributed by atoms with Crippen LogP contribution in [-0.4, -0.2) is 42.0 Å². The minimum Gasteiger partial charge on any atom is -0.383 e. The van der Waals surface area contributed by atoms with Gasteiger partial charge in [-0.2, -0.15) is 0 Å². The number of nitrogens with one attached hydrogen (secondary N) is 2. The average molecular weight is 458 g/mol. The van der Waals surface area contributed by atoms with Gasteiger partial charge in [-0.15, -0.1) is 0 Å². The number of amides is 2. The van der Waals surface area contributed by atoms with Crippen LogP contribution < -0.4 is 5.32 Å². The standard InChI is InChI=1S/C27H24FN3O3/c1-34-15-14-31-25(22-16-29-23-9-5-4-6-19(22)23)24(20-7-2-3-8-21(20)27(31)33)26(32)30-18-12-10-17(28)11-13-18/h2-13,16,24-25,29H,14-15H2,1H3,(H,30,32). The molecule has 34 heavy (non-hydrogen) atoms. The number of anilines is 1. The van der Waals surface area contributed by atoms with E-state index >= 15 is 0 Å². The van der Waals surface area contributed by atoms with Gasteiger partial charge in [0.05, 0.1) is 18.6 Å².